The molecule has 2 atom stereocenters. The van der Waals surface area contributed by atoms with E-state index >= 15 is 0 Å². The Balaban J connectivity index is 3.17. The smallest absolute Gasteiger partial charge is 0.309 e. The highest BCUT2D eigenvalue weighted by Gasteiger charge is 2.32. The monoisotopic (exact) mass is 268 g/mol. The molecule has 0 bridgehead atoms. The van der Waals surface area contributed by atoms with Crippen LogP contribution in [0.4, 0.5) is 0 Å². The van der Waals surface area contributed by atoms with Gasteiger partial charge in [0.1, 0.15) is 11.5 Å². The van der Waals surface area contributed by atoms with Crippen molar-refractivity contribution in [3.05, 3.63) is 23.8 Å². The van der Waals surface area contributed by atoms with Crippen LogP contribution in [0.15, 0.2) is 18.2 Å². The standard InChI is InChI=1S/C14H20O5/c1-8(2)12(14(16)17)13(15)10-6-5-9(18-3)7-11(10)19-4/h5-8,12-13,15H,1-4H3,(H,16,17). The van der Waals surface area contributed by atoms with Crippen molar-refractivity contribution in [1.82, 2.24) is 0 Å². The van der Waals surface area contributed by atoms with Crippen LogP contribution in [0.5, 0.6) is 11.5 Å². The average Bonchev–Trinajstić information content (AvgIpc) is 2.36. The molecule has 1 aromatic carbocycles. The zero-order valence-corrected chi connectivity index (χ0v) is 11.6. The van der Waals surface area contributed by atoms with Crippen LogP contribution in [0.3, 0.4) is 0 Å². The first-order valence-electron chi connectivity index (χ1n) is 6.05. The summed E-state index contributed by atoms with van der Waals surface area (Å²) in [7, 11) is 3.00. The molecule has 1 rings (SSSR count). The van der Waals surface area contributed by atoms with Gasteiger partial charge in [0.2, 0.25) is 0 Å². The van der Waals surface area contributed by atoms with Crippen LogP contribution < -0.4 is 9.47 Å². The Bertz CT molecular complexity index is 441. The lowest BCUT2D eigenvalue weighted by molar-refractivity contribution is -0.148. The predicted molar refractivity (Wildman–Crippen MR) is 70.5 cm³/mol. The summed E-state index contributed by atoms with van der Waals surface area (Å²) in [6.45, 7) is 3.52. The Morgan fingerprint density at radius 2 is 1.84 bits per heavy atom. The molecule has 0 aromatic heterocycles. The van der Waals surface area contributed by atoms with Crippen molar-refractivity contribution in [2.45, 2.75) is 20.0 Å². The summed E-state index contributed by atoms with van der Waals surface area (Å²) in [4.78, 5) is 11.3. The summed E-state index contributed by atoms with van der Waals surface area (Å²) in [6, 6.07) is 4.92. The molecule has 2 N–H and O–H groups in total. The molecule has 0 aliphatic heterocycles. The van der Waals surface area contributed by atoms with Gasteiger partial charge in [-0.15, -0.1) is 0 Å². The van der Waals surface area contributed by atoms with Crippen LogP contribution in [0.1, 0.15) is 25.5 Å². The quantitative estimate of drug-likeness (QED) is 0.826. The van der Waals surface area contributed by atoms with Gasteiger partial charge in [-0.1, -0.05) is 13.8 Å². The Hall–Kier alpha value is -1.75. The van der Waals surface area contributed by atoms with Gasteiger partial charge in [0.15, 0.2) is 0 Å². The van der Waals surface area contributed by atoms with Crippen molar-refractivity contribution in [3.8, 4) is 11.5 Å². The summed E-state index contributed by atoms with van der Waals surface area (Å²) in [6.07, 6.45) is -1.13. The molecule has 2 unspecified atom stereocenters. The minimum absolute atomic E-state index is 0.195. The lowest BCUT2D eigenvalue weighted by Crippen LogP contribution is -2.27. The zero-order valence-electron chi connectivity index (χ0n) is 11.6. The van der Waals surface area contributed by atoms with E-state index in [0.29, 0.717) is 17.1 Å². The van der Waals surface area contributed by atoms with E-state index in [2.05, 4.69) is 0 Å². The number of ether oxygens (including phenoxy) is 2. The van der Waals surface area contributed by atoms with E-state index in [9.17, 15) is 15.0 Å². The van der Waals surface area contributed by atoms with Gasteiger partial charge in [-0.05, 0) is 18.1 Å². The summed E-state index contributed by atoms with van der Waals surface area (Å²) in [5.41, 5.74) is 0.449. The van der Waals surface area contributed by atoms with Crippen molar-refractivity contribution >= 4 is 5.97 Å². The van der Waals surface area contributed by atoms with E-state index in [0.717, 1.165) is 0 Å². The molecular weight excluding hydrogens is 248 g/mol. The van der Waals surface area contributed by atoms with E-state index in [1.54, 1.807) is 32.0 Å². The van der Waals surface area contributed by atoms with E-state index in [1.165, 1.54) is 14.2 Å². The number of carboxylic acid groups (broad SMARTS) is 1. The minimum atomic E-state index is -1.13. The Labute approximate surface area is 112 Å². The fourth-order valence-corrected chi connectivity index (χ4v) is 2.04. The lowest BCUT2D eigenvalue weighted by Gasteiger charge is -2.24. The third-order valence-electron chi connectivity index (χ3n) is 3.10. The first-order valence-corrected chi connectivity index (χ1v) is 6.05. The number of carbonyl (C=O) groups is 1. The number of aliphatic carboxylic acids is 1. The molecule has 19 heavy (non-hydrogen) atoms. The number of benzene rings is 1. The molecule has 0 radical (unpaired) electrons. The summed E-state index contributed by atoms with van der Waals surface area (Å²) in [5, 5.41) is 19.5. The number of aliphatic hydroxyl groups is 1. The van der Waals surface area contributed by atoms with Gasteiger partial charge in [-0.25, -0.2) is 0 Å². The number of carboxylic acids is 1. The highest BCUT2D eigenvalue weighted by atomic mass is 16.5. The van der Waals surface area contributed by atoms with Gasteiger partial charge < -0.3 is 19.7 Å². The molecule has 5 heteroatoms. The normalized spacial score (nSPS) is 14.0. The van der Waals surface area contributed by atoms with Crippen LogP contribution in [-0.2, 0) is 4.79 Å². The molecule has 1 aromatic rings. The van der Waals surface area contributed by atoms with Gasteiger partial charge in [0.05, 0.1) is 26.2 Å². The summed E-state index contributed by atoms with van der Waals surface area (Å²) >= 11 is 0. The average molecular weight is 268 g/mol. The molecule has 0 spiro atoms. The van der Waals surface area contributed by atoms with Crippen LogP contribution in [0, 0.1) is 11.8 Å². The highest BCUT2D eigenvalue weighted by Crippen LogP contribution is 2.35. The maximum atomic E-state index is 11.3. The maximum Gasteiger partial charge on any atom is 0.309 e. The largest absolute Gasteiger partial charge is 0.497 e. The molecule has 0 fully saturated rings. The molecule has 0 saturated carbocycles. The predicted octanol–water partition coefficient (Wildman–Crippen LogP) is 2.09. The van der Waals surface area contributed by atoms with Crippen LogP contribution >= 0.6 is 0 Å². The molecule has 0 aliphatic carbocycles. The minimum Gasteiger partial charge on any atom is -0.497 e. The topological polar surface area (TPSA) is 76.0 Å². The number of rotatable bonds is 6. The number of aliphatic hydroxyl groups excluding tert-OH is 1. The summed E-state index contributed by atoms with van der Waals surface area (Å²) in [5.74, 6) is -1.11. The fraction of sp³-hybridized carbons (Fsp3) is 0.500. The van der Waals surface area contributed by atoms with Gasteiger partial charge in [0, 0.05) is 11.6 Å². The lowest BCUT2D eigenvalue weighted by atomic mass is 9.86. The molecule has 0 aliphatic rings. The number of methoxy groups -OCH3 is 2. The van der Waals surface area contributed by atoms with Crippen LogP contribution in [-0.4, -0.2) is 30.4 Å². The Morgan fingerprint density at radius 3 is 2.26 bits per heavy atom. The first-order chi connectivity index (χ1) is 8.92. The maximum absolute atomic E-state index is 11.3. The van der Waals surface area contributed by atoms with Crippen molar-refractivity contribution < 1.29 is 24.5 Å². The second-order valence-corrected chi connectivity index (χ2v) is 4.66. The number of hydrogen-bond acceptors (Lipinski definition) is 4. The van der Waals surface area contributed by atoms with Gasteiger partial charge in [0.25, 0.3) is 0 Å². The number of hydrogen-bond donors (Lipinski definition) is 2. The third-order valence-corrected chi connectivity index (χ3v) is 3.10. The second-order valence-electron chi connectivity index (χ2n) is 4.66. The van der Waals surface area contributed by atoms with Crippen molar-refractivity contribution in [2.24, 2.45) is 11.8 Å². The Morgan fingerprint density at radius 1 is 1.21 bits per heavy atom. The van der Waals surface area contributed by atoms with E-state index < -0.39 is 18.0 Å². The molecule has 0 amide bonds. The summed E-state index contributed by atoms with van der Waals surface area (Å²) < 4.78 is 10.3. The van der Waals surface area contributed by atoms with Gasteiger partial charge >= 0.3 is 5.97 Å². The third kappa shape index (κ3) is 3.38. The highest BCUT2D eigenvalue weighted by molar-refractivity contribution is 5.71. The first kappa shape index (κ1) is 15.3. The van der Waals surface area contributed by atoms with Crippen LogP contribution in [0.2, 0.25) is 0 Å². The van der Waals surface area contributed by atoms with Crippen molar-refractivity contribution in [3.63, 3.8) is 0 Å². The molecule has 0 heterocycles. The molecular formula is C14H20O5. The molecule has 5 nitrogen and oxygen atoms in total. The zero-order chi connectivity index (χ0) is 14.6. The van der Waals surface area contributed by atoms with E-state index in [1.807, 2.05) is 0 Å². The van der Waals surface area contributed by atoms with E-state index in [-0.39, 0.29) is 5.92 Å². The van der Waals surface area contributed by atoms with Crippen molar-refractivity contribution in [1.29, 1.82) is 0 Å². The van der Waals surface area contributed by atoms with E-state index in [4.69, 9.17) is 9.47 Å². The van der Waals surface area contributed by atoms with Gasteiger partial charge in [-0.2, -0.15) is 0 Å². The van der Waals surface area contributed by atoms with Crippen LogP contribution in [0.25, 0.3) is 0 Å². The molecule has 0 saturated heterocycles. The molecule has 106 valence electrons. The van der Waals surface area contributed by atoms with Gasteiger partial charge in [-0.3, -0.25) is 4.79 Å². The second kappa shape index (κ2) is 6.43. The Kier molecular flexibility index (Phi) is 5.18. The SMILES string of the molecule is COc1ccc(C(O)C(C(=O)O)C(C)C)c(OC)c1. The van der Waals surface area contributed by atoms with Crippen molar-refractivity contribution in [2.75, 3.05) is 14.2 Å². The fourth-order valence-electron chi connectivity index (χ4n) is 2.04.